The van der Waals surface area contributed by atoms with Crippen LogP contribution in [0.1, 0.15) is 36.2 Å². The predicted molar refractivity (Wildman–Crippen MR) is 89.5 cm³/mol. The minimum absolute atomic E-state index is 0.156. The number of hydrogen-bond donors (Lipinski definition) is 1. The number of alkyl halides is 3. The molecule has 0 bridgehead atoms. The summed E-state index contributed by atoms with van der Waals surface area (Å²) >= 11 is 0. The van der Waals surface area contributed by atoms with Crippen molar-refractivity contribution in [3.63, 3.8) is 0 Å². The molecule has 2 rings (SSSR count). The van der Waals surface area contributed by atoms with Crippen LogP contribution in [0.4, 0.5) is 13.2 Å². The van der Waals surface area contributed by atoms with Crippen molar-refractivity contribution in [1.82, 2.24) is 9.80 Å². The number of halogens is 3. The van der Waals surface area contributed by atoms with Crippen LogP contribution in [-0.4, -0.2) is 65.3 Å². The van der Waals surface area contributed by atoms with Crippen LogP contribution in [0.15, 0.2) is 24.3 Å². The van der Waals surface area contributed by atoms with Gasteiger partial charge in [0.15, 0.2) is 0 Å². The lowest BCUT2D eigenvalue weighted by Crippen LogP contribution is -2.50. The van der Waals surface area contributed by atoms with E-state index in [2.05, 4.69) is 0 Å². The van der Waals surface area contributed by atoms with Gasteiger partial charge in [0, 0.05) is 31.7 Å². The zero-order chi connectivity index (χ0) is 18.7. The summed E-state index contributed by atoms with van der Waals surface area (Å²) in [5.74, 6) is -0.156. The molecule has 0 saturated carbocycles. The standard InChI is InChI=1S/C18H25F3N2O2/c1-17(2,25)7-6-14-4-3-5-15(12-14)16(24)23-10-8-22(9-11-23)13-18(19,20)21/h3-5,12,25H,6-11,13H2,1-2H3. The van der Waals surface area contributed by atoms with E-state index in [1.807, 2.05) is 6.07 Å². The van der Waals surface area contributed by atoms with Crippen LogP contribution in [0.3, 0.4) is 0 Å². The average molecular weight is 358 g/mol. The van der Waals surface area contributed by atoms with Gasteiger partial charge >= 0.3 is 6.18 Å². The van der Waals surface area contributed by atoms with Gasteiger partial charge in [0.1, 0.15) is 0 Å². The molecule has 1 N–H and O–H groups in total. The van der Waals surface area contributed by atoms with Gasteiger partial charge in [-0.05, 0) is 44.4 Å². The summed E-state index contributed by atoms with van der Waals surface area (Å²) in [6.45, 7) is 3.59. The normalized spacial score (nSPS) is 17.0. The number of carbonyl (C=O) groups excluding carboxylic acids is 1. The van der Waals surface area contributed by atoms with Crippen LogP contribution < -0.4 is 0 Å². The lowest BCUT2D eigenvalue weighted by Gasteiger charge is -2.35. The largest absolute Gasteiger partial charge is 0.401 e. The maximum Gasteiger partial charge on any atom is 0.401 e. The molecule has 25 heavy (non-hydrogen) atoms. The molecule has 0 atom stereocenters. The van der Waals surface area contributed by atoms with E-state index >= 15 is 0 Å². The van der Waals surface area contributed by atoms with Crippen LogP contribution in [0.2, 0.25) is 0 Å². The number of benzene rings is 1. The Morgan fingerprint density at radius 3 is 2.36 bits per heavy atom. The van der Waals surface area contributed by atoms with Crippen LogP contribution in [0.5, 0.6) is 0 Å². The first-order chi connectivity index (χ1) is 11.5. The van der Waals surface area contributed by atoms with E-state index in [0.717, 1.165) is 5.56 Å². The van der Waals surface area contributed by atoms with Crippen molar-refractivity contribution in [2.45, 2.75) is 38.5 Å². The van der Waals surface area contributed by atoms with Gasteiger partial charge in [-0.3, -0.25) is 9.69 Å². The van der Waals surface area contributed by atoms with E-state index in [1.54, 1.807) is 36.9 Å². The van der Waals surface area contributed by atoms with Crippen LogP contribution in [0.25, 0.3) is 0 Å². The molecular formula is C18H25F3N2O2. The molecule has 1 saturated heterocycles. The molecule has 0 spiro atoms. The Morgan fingerprint density at radius 2 is 1.80 bits per heavy atom. The summed E-state index contributed by atoms with van der Waals surface area (Å²) in [5.41, 5.74) is 0.732. The van der Waals surface area contributed by atoms with Crippen molar-refractivity contribution in [3.05, 3.63) is 35.4 Å². The van der Waals surface area contributed by atoms with E-state index in [1.165, 1.54) is 4.90 Å². The number of amides is 1. The number of nitrogens with zero attached hydrogens (tertiary/aromatic N) is 2. The zero-order valence-electron chi connectivity index (χ0n) is 14.6. The Hall–Kier alpha value is -1.60. The van der Waals surface area contributed by atoms with Crippen molar-refractivity contribution in [2.24, 2.45) is 0 Å². The quantitative estimate of drug-likeness (QED) is 0.880. The third-order valence-corrected chi connectivity index (χ3v) is 4.26. The highest BCUT2D eigenvalue weighted by Gasteiger charge is 2.33. The maximum absolute atomic E-state index is 12.6. The van der Waals surface area contributed by atoms with Gasteiger partial charge < -0.3 is 10.0 Å². The van der Waals surface area contributed by atoms with Gasteiger partial charge in [-0.25, -0.2) is 0 Å². The third-order valence-electron chi connectivity index (χ3n) is 4.26. The highest BCUT2D eigenvalue weighted by molar-refractivity contribution is 5.94. The van der Waals surface area contributed by atoms with Gasteiger partial charge in [0.2, 0.25) is 0 Å². The van der Waals surface area contributed by atoms with Crippen LogP contribution >= 0.6 is 0 Å². The molecule has 1 aliphatic heterocycles. The summed E-state index contributed by atoms with van der Waals surface area (Å²) in [7, 11) is 0. The third kappa shape index (κ3) is 6.66. The predicted octanol–water partition coefficient (Wildman–Crippen LogP) is 2.71. The lowest BCUT2D eigenvalue weighted by molar-refractivity contribution is -0.148. The monoisotopic (exact) mass is 358 g/mol. The number of hydrogen-bond acceptors (Lipinski definition) is 3. The SMILES string of the molecule is CC(C)(O)CCc1cccc(C(=O)N2CCN(CC(F)(F)F)CC2)c1. The first kappa shape index (κ1) is 19.7. The van der Waals surface area contributed by atoms with Crippen molar-refractivity contribution in [2.75, 3.05) is 32.7 Å². The van der Waals surface area contributed by atoms with Gasteiger partial charge in [0.05, 0.1) is 12.1 Å². The molecule has 4 nitrogen and oxygen atoms in total. The summed E-state index contributed by atoms with van der Waals surface area (Å²) in [6, 6.07) is 7.23. The number of aliphatic hydroxyl groups is 1. The molecule has 0 aromatic heterocycles. The molecule has 1 amide bonds. The second-order valence-electron chi connectivity index (χ2n) is 7.20. The second kappa shape index (κ2) is 7.74. The Labute approximate surface area is 146 Å². The molecule has 0 radical (unpaired) electrons. The Bertz CT molecular complexity index is 589. The molecule has 1 fully saturated rings. The summed E-state index contributed by atoms with van der Waals surface area (Å²) in [4.78, 5) is 15.5. The van der Waals surface area contributed by atoms with Gasteiger partial charge in [-0.15, -0.1) is 0 Å². The van der Waals surface area contributed by atoms with Crippen molar-refractivity contribution in [1.29, 1.82) is 0 Å². The summed E-state index contributed by atoms with van der Waals surface area (Å²) in [5, 5.41) is 9.81. The van der Waals surface area contributed by atoms with E-state index in [9.17, 15) is 23.1 Å². The van der Waals surface area contributed by atoms with Crippen molar-refractivity contribution in [3.8, 4) is 0 Å². The van der Waals surface area contributed by atoms with Crippen LogP contribution in [0, 0.1) is 0 Å². The van der Waals surface area contributed by atoms with Gasteiger partial charge in [0.25, 0.3) is 5.91 Å². The molecule has 140 valence electrons. The Morgan fingerprint density at radius 1 is 1.16 bits per heavy atom. The highest BCUT2D eigenvalue weighted by atomic mass is 19.4. The van der Waals surface area contributed by atoms with Crippen LogP contribution in [-0.2, 0) is 6.42 Å². The van der Waals surface area contributed by atoms with E-state index in [-0.39, 0.29) is 19.0 Å². The molecule has 1 heterocycles. The topological polar surface area (TPSA) is 43.8 Å². The van der Waals surface area contributed by atoms with Gasteiger partial charge in [-0.2, -0.15) is 13.2 Å². The van der Waals surface area contributed by atoms with Gasteiger partial charge in [-0.1, -0.05) is 12.1 Å². The second-order valence-corrected chi connectivity index (χ2v) is 7.20. The number of piperazine rings is 1. The average Bonchev–Trinajstić information content (AvgIpc) is 2.51. The van der Waals surface area contributed by atoms with Crippen molar-refractivity contribution < 1.29 is 23.1 Å². The maximum atomic E-state index is 12.6. The molecule has 0 unspecified atom stereocenters. The fourth-order valence-corrected chi connectivity index (χ4v) is 2.86. The zero-order valence-corrected chi connectivity index (χ0v) is 14.6. The Kier molecular flexibility index (Phi) is 6.11. The molecule has 7 heteroatoms. The smallest absolute Gasteiger partial charge is 0.390 e. The minimum Gasteiger partial charge on any atom is -0.390 e. The molecule has 1 aromatic carbocycles. The molecule has 1 aromatic rings. The fourth-order valence-electron chi connectivity index (χ4n) is 2.86. The first-order valence-electron chi connectivity index (χ1n) is 8.43. The van der Waals surface area contributed by atoms with E-state index in [4.69, 9.17) is 0 Å². The van der Waals surface area contributed by atoms with E-state index < -0.39 is 18.3 Å². The van der Waals surface area contributed by atoms with Crippen molar-refractivity contribution >= 4 is 5.91 Å². The molecular weight excluding hydrogens is 333 g/mol. The molecule has 0 aliphatic carbocycles. The highest BCUT2D eigenvalue weighted by Crippen LogP contribution is 2.19. The van der Waals surface area contributed by atoms with E-state index in [0.29, 0.717) is 31.5 Å². The first-order valence-corrected chi connectivity index (χ1v) is 8.43. The lowest BCUT2D eigenvalue weighted by atomic mass is 9.97. The minimum atomic E-state index is -4.21. The number of rotatable bonds is 5. The Balaban J connectivity index is 1.93. The number of carbonyl (C=O) groups is 1. The number of aryl methyl sites for hydroxylation is 1. The summed E-state index contributed by atoms with van der Waals surface area (Å²) in [6.07, 6.45) is -2.97. The summed E-state index contributed by atoms with van der Waals surface area (Å²) < 4.78 is 37.3. The molecule has 1 aliphatic rings. The fraction of sp³-hybridized carbons (Fsp3) is 0.611.